The molecule has 0 saturated carbocycles. The first-order valence-corrected chi connectivity index (χ1v) is 12.4. The molecule has 0 aliphatic rings. The number of benzene rings is 3. The third-order valence-corrected chi connectivity index (χ3v) is 7.32. The smallest absolute Gasteiger partial charge is 0.244 e. The Bertz CT molecular complexity index is 1290. The minimum absolute atomic E-state index is 0.0242. The number of anilines is 1. The summed E-state index contributed by atoms with van der Waals surface area (Å²) < 4.78 is 57.0. The molecule has 0 heterocycles. The Morgan fingerprint density at radius 3 is 2.18 bits per heavy atom. The molecular formula is C27H26F2N2O2S. The molecule has 176 valence electrons. The minimum atomic E-state index is -4.29. The van der Waals surface area contributed by atoms with Crippen molar-refractivity contribution in [3.05, 3.63) is 102 Å². The second kappa shape index (κ2) is 11.1. The summed E-state index contributed by atoms with van der Waals surface area (Å²) in [4.78, 5) is -0.0242. The maximum atomic E-state index is 14.1. The topological polar surface area (TPSA) is 61.2 Å². The van der Waals surface area contributed by atoms with Crippen LogP contribution in [0.2, 0.25) is 0 Å². The highest BCUT2D eigenvalue weighted by molar-refractivity contribution is 7.92. The molecule has 0 N–H and O–H groups in total. The van der Waals surface area contributed by atoms with E-state index in [2.05, 4.69) is 6.07 Å². The monoisotopic (exact) mass is 480 g/mol. The predicted molar refractivity (Wildman–Crippen MR) is 131 cm³/mol. The van der Waals surface area contributed by atoms with E-state index in [1.807, 2.05) is 13.8 Å². The molecule has 0 radical (unpaired) electrons. The Hall–Kier alpha value is -3.50. The summed E-state index contributed by atoms with van der Waals surface area (Å²) in [6.07, 6.45) is -0.542. The van der Waals surface area contributed by atoms with E-state index in [4.69, 9.17) is 0 Å². The van der Waals surface area contributed by atoms with Crippen molar-refractivity contribution in [2.45, 2.75) is 44.0 Å². The molecule has 4 nitrogen and oxygen atoms in total. The predicted octanol–water partition coefficient (Wildman–Crippen LogP) is 7.25. The highest BCUT2D eigenvalue weighted by Gasteiger charge is 2.35. The van der Waals surface area contributed by atoms with E-state index in [0.717, 1.165) is 9.87 Å². The molecule has 3 rings (SSSR count). The van der Waals surface area contributed by atoms with Crippen LogP contribution in [0.4, 0.5) is 14.5 Å². The van der Waals surface area contributed by atoms with Crippen LogP contribution >= 0.6 is 0 Å². The molecule has 0 aliphatic carbocycles. The lowest BCUT2D eigenvalue weighted by Gasteiger charge is -2.31. The molecule has 0 amide bonds. The van der Waals surface area contributed by atoms with Crippen molar-refractivity contribution >= 4 is 21.3 Å². The van der Waals surface area contributed by atoms with Crippen molar-refractivity contribution in [2.24, 2.45) is 0 Å². The Balaban J connectivity index is 2.31. The summed E-state index contributed by atoms with van der Waals surface area (Å²) in [5, 5.41) is 10.1. The largest absolute Gasteiger partial charge is 0.274 e. The van der Waals surface area contributed by atoms with Gasteiger partial charge in [0.25, 0.3) is 16.1 Å². The molecule has 1 atom stereocenters. The fraction of sp³-hybridized carbons (Fsp3) is 0.222. The van der Waals surface area contributed by atoms with Gasteiger partial charge in [-0.25, -0.2) is 12.7 Å². The Labute approximate surface area is 199 Å². The SMILES string of the molecule is CCCCC(=C(F)F)c1ccccc1N(C(C#N)c1ccccc1)S(=O)(=O)c1ccc(C)cc1. The summed E-state index contributed by atoms with van der Waals surface area (Å²) in [6.45, 7) is 3.73. The number of nitriles is 1. The van der Waals surface area contributed by atoms with E-state index in [9.17, 15) is 22.5 Å². The van der Waals surface area contributed by atoms with E-state index in [-0.39, 0.29) is 28.1 Å². The zero-order chi connectivity index (χ0) is 24.7. The van der Waals surface area contributed by atoms with Crippen LogP contribution in [-0.4, -0.2) is 8.42 Å². The molecule has 0 fully saturated rings. The average Bonchev–Trinajstić information content (AvgIpc) is 2.83. The van der Waals surface area contributed by atoms with Crippen molar-refractivity contribution in [3.63, 3.8) is 0 Å². The molecule has 0 spiro atoms. The molecule has 1 unspecified atom stereocenters. The summed E-state index contributed by atoms with van der Waals surface area (Å²) in [5.74, 6) is 0. The summed E-state index contributed by atoms with van der Waals surface area (Å²) in [7, 11) is -4.29. The molecule has 0 bridgehead atoms. The van der Waals surface area contributed by atoms with E-state index >= 15 is 0 Å². The third kappa shape index (κ3) is 5.35. The first-order valence-electron chi connectivity index (χ1n) is 11.0. The first kappa shape index (κ1) is 25.1. The number of hydrogen-bond donors (Lipinski definition) is 0. The van der Waals surface area contributed by atoms with Crippen molar-refractivity contribution < 1.29 is 17.2 Å². The number of allylic oxidation sites excluding steroid dienone is 1. The lowest BCUT2D eigenvalue weighted by atomic mass is 9.98. The fourth-order valence-electron chi connectivity index (χ4n) is 3.73. The lowest BCUT2D eigenvalue weighted by molar-refractivity contribution is 0.422. The lowest BCUT2D eigenvalue weighted by Crippen LogP contribution is -2.35. The van der Waals surface area contributed by atoms with Crippen LogP contribution in [-0.2, 0) is 10.0 Å². The van der Waals surface area contributed by atoms with Gasteiger partial charge >= 0.3 is 0 Å². The van der Waals surface area contributed by atoms with Crippen LogP contribution in [0.25, 0.3) is 5.57 Å². The van der Waals surface area contributed by atoms with E-state index in [0.29, 0.717) is 18.4 Å². The van der Waals surface area contributed by atoms with Crippen LogP contribution in [0, 0.1) is 18.3 Å². The van der Waals surface area contributed by atoms with Gasteiger partial charge in [-0.1, -0.05) is 79.6 Å². The second-order valence-electron chi connectivity index (χ2n) is 7.92. The van der Waals surface area contributed by atoms with Gasteiger partial charge in [0, 0.05) is 11.1 Å². The van der Waals surface area contributed by atoms with Crippen molar-refractivity contribution in [3.8, 4) is 6.07 Å². The van der Waals surface area contributed by atoms with Crippen molar-refractivity contribution in [1.29, 1.82) is 5.26 Å². The van der Waals surface area contributed by atoms with E-state index in [1.165, 1.54) is 24.3 Å². The molecule has 3 aromatic rings. The molecule has 34 heavy (non-hydrogen) atoms. The number of nitrogens with zero attached hydrogens (tertiary/aromatic N) is 2. The van der Waals surface area contributed by atoms with Gasteiger partial charge in [0.15, 0.2) is 6.04 Å². The standard InChI is InChI=1S/C27H26F2N2O2S/c1-3-4-12-24(27(28)29)23-13-8-9-14-25(23)31(26(19-30)21-10-6-5-7-11-21)34(32,33)22-17-15-20(2)16-18-22/h5-11,13-18,26H,3-4,12H2,1-2H3. The average molecular weight is 481 g/mol. The normalized spacial score (nSPS) is 12.0. The number of unbranched alkanes of at least 4 members (excludes halogenated alkanes) is 1. The van der Waals surface area contributed by atoms with Crippen LogP contribution in [0.5, 0.6) is 0 Å². The zero-order valence-electron chi connectivity index (χ0n) is 19.1. The van der Waals surface area contributed by atoms with E-state index < -0.39 is 22.1 Å². The van der Waals surface area contributed by atoms with Gasteiger partial charge in [-0.2, -0.15) is 14.0 Å². The van der Waals surface area contributed by atoms with Gasteiger partial charge < -0.3 is 0 Å². The van der Waals surface area contributed by atoms with Gasteiger partial charge in [-0.3, -0.25) is 0 Å². The molecule has 7 heteroatoms. The van der Waals surface area contributed by atoms with Gasteiger partial charge in [-0.15, -0.1) is 0 Å². The number of halogens is 2. The van der Waals surface area contributed by atoms with Gasteiger partial charge in [0.1, 0.15) is 0 Å². The fourth-order valence-corrected chi connectivity index (χ4v) is 5.31. The number of aryl methyl sites for hydroxylation is 1. The number of hydrogen-bond acceptors (Lipinski definition) is 3. The van der Waals surface area contributed by atoms with Crippen LogP contribution in [0.15, 0.2) is 89.8 Å². The molecule has 0 aliphatic heterocycles. The summed E-state index contributed by atoms with van der Waals surface area (Å²) in [6, 6.07) is 21.7. The maximum Gasteiger partial charge on any atom is 0.274 e. The highest BCUT2D eigenvalue weighted by Crippen LogP contribution is 2.40. The van der Waals surface area contributed by atoms with Gasteiger partial charge in [-0.05, 0) is 43.5 Å². The summed E-state index contributed by atoms with van der Waals surface area (Å²) in [5.41, 5.74) is 1.23. The Kier molecular flexibility index (Phi) is 8.19. The molecule has 3 aromatic carbocycles. The van der Waals surface area contributed by atoms with E-state index in [1.54, 1.807) is 54.6 Å². The Morgan fingerprint density at radius 2 is 1.59 bits per heavy atom. The van der Waals surface area contributed by atoms with Crippen LogP contribution in [0.1, 0.15) is 48.9 Å². The summed E-state index contributed by atoms with van der Waals surface area (Å²) >= 11 is 0. The highest BCUT2D eigenvalue weighted by atomic mass is 32.2. The first-order chi connectivity index (χ1) is 16.3. The third-order valence-electron chi connectivity index (χ3n) is 5.52. The minimum Gasteiger partial charge on any atom is -0.244 e. The van der Waals surface area contributed by atoms with Gasteiger partial charge in [0.05, 0.1) is 16.7 Å². The van der Waals surface area contributed by atoms with Gasteiger partial charge in [0.2, 0.25) is 0 Å². The second-order valence-corrected chi connectivity index (χ2v) is 9.73. The van der Waals surface area contributed by atoms with Crippen molar-refractivity contribution in [1.82, 2.24) is 0 Å². The molecular weight excluding hydrogens is 454 g/mol. The molecule has 0 aromatic heterocycles. The molecule has 0 saturated heterocycles. The van der Waals surface area contributed by atoms with Crippen molar-refractivity contribution in [2.75, 3.05) is 4.31 Å². The Morgan fingerprint density at radius 1 is 0.971 bits per heavy atom. The van der Waals surface area contributed by atoms with Crippen LogP contribution in [0.3, 0.4) is 0 Å². The number of para-hydroxylation sites is 1. The number of sulfonamides is 1. The number of rotatable bonds is 9. The zero-order valence-corrected chi connectivity index (χ0v) is 19.9. The maximum absolute atomic E-state index is 14.1. The quantitative estimate of drug-likeness (QED) is 0.324. The van der Waals surface area contributed by atoms with Crippen LogP contribution < -0.4 is 4.31 Å².